The van der Waals surface area contributed by atoms with Crippen LogP contribution in [-0.4, -0.2) is 44.6 Å². The molecular formula is C20H17F3N6O. The van der Waals surface area contributed by atoms with Crippen LogP contribution in [0, 0.1) is 0 Å². The van der Waals surface area contributed by atoms with Crippen molar-refractivity contribution < 1.29 is 18.0 Å². The summed E-state index contributed by atoms with van der Waals surface area (Å²) in [6.45, 7) is 0.0785. The van der Waals surface area contributed by atoms with Crippen molar-refractivity contribution in [3.05, 3.63) is 48.8 Å². The van der Waals surface area contributed by atoms with E-state index in [0.717, 1.165) is 10.9 Å². The predicted molar refractivity (Wildman–Crippen MR) is 107 cm³/mol. The van der Waals surface area contributed by atoms with E-state index in [1.807, 2.05) is 17.4 Å². The van der Waals surface area contributed by atoms with Crippen LogP contribution >= 0.6 is 0 Å². The Bertz CT molecular complexity index is 1220. The minimum Gasteiger partial charge on any atom is -0.358 e. The number of hydrogen-bond acceptors (Lipinski definition) is 5. The van der Waals surface area contributed by atoms with Crippen molar-refractivity contribution in [2.45, 2.75) is 19.1 Å². The van der Waals surface area contributed by atoms with Gasteiger partial charge in [0.2, 0.25) is 5.91 Å². The van der Waals surface area contributed by atoms with Gasteiger partial charge < -0.3 is 15.6 Å². The lowest BCUT2D eigenvalue weighted by Gasteiger charge is -2.17. The van der Waals surface area contributed by atoms with Gasteiger partial charge in [0.15, 0.2) is 5.82 Å². The van der Waals surface area contributed by atoms with E-state index in [0.29, 0.717) is 28.2 Å². The number of alkyl halides is 3. The molecule has 1 aromatic carbocycles. The number of aromatic amines is 1. The summed E-state index contributed by atoms with van der Waals surface area (Å²) in [5.41, 5.74) is 2.05. The minimum absolute atomic E-state index is 0.353. The van der Waals surface area contributed by atoms with E-state index in [-0.39, 0.29) is 0 Å². The highest BCUT2D eigenvalue weighted by Crippen LogP contribution is 2.29. The van der Waals surface area contributed by atoms with Gasteiger partial charge in [-0.2, -0.15) is 13.2 Å². The van der Waals surface area contributed by atoms with Crippen LogP contribution in [0.3, 0.4) is 0 Å². The van der Waals surface area contributed by atoms with Gasteiger partial charge in [-0.1, -0.05) is 12.1 Å². The van der Waals surface area contributed by atoms with Crippen LogP contribution < -0.4 is 10.6 Å². The standard InChI is InChI=1S/C20H17F3N6O/c1-11(19(30)26-10-20(21,22)23)27-18-14-4-2-3-5-15(14)28-17(29-18)13-7-9-25-16-12(13)6-8-24-16/h2-9,11H,10H2,1H3,(H,24,25)(H,26,30)(H,27,28,29)/t11-/m1/s1. The van der Waals surface area contributed by atoms with E-state index >= 15 is 0 Å². The molecule has 0 aliphatic rings. The largest absolute Gasteiger partial charge is 0.405 e. The third-order valence-electron chi connectivity index (χ3n) is 4.51. The molecule has 0 unspecified atom stereocenters. The summed E-state index contributed by atoms with van der Waals surface area (Å²) in [6.07, 6.45) is -1.09. The van der Waals surface area contributed by atoms with Gasteiger partial charge in [0, 0.05) is 28.7 Å². The van der Waals surface area contributed by atoms with Crippen LogP contribution in [0.15, 0.2) is 48.8 Å². The molecule has 3 N–H and O–H groups in total. The first-order valence-corrected chi connectivity index (χ1v) is 9.12. The van der Waals surface area contributed by atoms with Crippen molar-refractivity contribution in [1.29, 1.82) is 0 Å². The lowest BCUT2D eigenvalue weighted by Crippen LogP contribution is -2.42. The maximum absolute atomic E-state index is 12.4. The first kappa shape index (κ1) is 19.6. The number of amides is 1. The Morgan fingerprint density at radius 3 is 2.73 bits per heavy atom. The average Bonchev–Trinajstić information content (AvgIpc) is 3.20. The van der Waals surface area contributed by atoms with Crippen LogP contribution in [0.4, 0.5) is 19.0 Å². The SMILES string of the molecule is C[C@@H](Nc1nc(-c2ccnc3[nH]ccc23)nc2ccccc12)C(=O)NCC(F)(F)F. The Morgan fingerprint density at radius 1 is 1.13 bits per heavy atom. The molecule has 4 rings (SSSR count). The van der Waals surface area contributed by atoms with Crippen molar-refractivity contribution in [3.63, 3.8) is 0 Å². The topological polar surface area (TPSA) is 95.6 Å². The molecule has 0 radical (unpaired) electrons. The van der Waals surface area contributed by atoms with Gasteiger partial charge >= 0.3 is 6.18 Å². The predicted octanol–water partition coefficient (Wildman–Crippen LogP) is 3.65. The third kappa shape index (κ3) is 4.02. The molecule has 1 atom stereocenters. The quantitative estimate of drug-likeness (QED) is 0.463. The normalized spacial score (nSPS) is 12.8. The van der Waals surface area contributed by atoms with Crippen LogP contribution in [0.25, 0.3) is 33.3 Å². The molecule has 4 aromatic rings. The average molecular weight is 414 g/mol. The van der Waals surface area contributed by atoms with Gasteiger partial charge in [-0.25, -0.2) is 15.0 Å². The Morgan fingerprint density at radius 2 is 1.93 bits per heavy atom. The molecule has 0 fully saturated rings. The van der Waals surface area contributed by atoms with Crippen LogP contribution in [0.5, 0.6) is 0 Å². The van der Waals surface area contributed by atoms with Crippen LogP contribution in [0.2, 0.25) is 0 Å². The lowest BCUT2D eigenvalue weighted by atomic mass is 10.1. The summed E-state index contributed by atoms with van der Waals surface area (Å²) < 4.78 is 37.2. The molecule has 0 spiro atoms. The number of nitrogens with one attached hydrogen (secondary N) is 3. The number of halogens is 3. The fourth-order valence-corrected chi connectivity index (χ4v) is 3.07. The summed E-state index contributed by atoms with van der Waals surface area (Å²) in [4.78, 5) is 28.6. The number of fused-ring (bicyclic) bond motifs is 2. The number of rotatable bonds is 5. The molecule has 3 heterocycles. The van der Waals surface area contributed by atoms with Crippen molar-refractivity contribution in [1.82, 2.24) is 25.3 Å². The third-order valence-corrected chi connectivity index (χ3v) is 4.51. The fraction of sp³-hybridized carbons (Fsp3) is 0.200. The second-order valence-electron chi connectivity index (χ2n) is 6.71. The molecule has 30 heavy (non-hydrogen) atoms. The number of nitrogens with zero attached hydrogens (tertiary/aromatic N) is 3. The smallest absolute Gasteiger partial charge is 0.358 e. The zero-order valence-electron chi connectivity index (χ0n) is 15.8. The van der Waals surface area contributed by atoms with Gasteiger partial charge in [-0.15, -0.1) is 0 Å². The van der Waals surface area contributed by atoms with E-state index < -0.39 is 24.7 Å². The van der Waals surface area contributed by atoms with Gasteiger partial charge in [0.05, 0.1) is 5.52 Å². The van der Waals surface area contributed by atoms with Crippen LogP contribution in [0.1, 0.15) is 6.92 Å². The zero-order chi connectivity index (χ0) is 21.3. The summed E-state index contributed by atoms with van der Waals surface area (Å²) in [5, 5.41) is 6.27. The first-order valence-electron chi connectivity index (χ1n) is 9.12. The number of aromatic nitrogens is 4. The Balaban J connectivity index is 1.71. The highest BCUT2D eigenvalue weighted by molar-refractivity contribution is 5.96. The van der Waals surface area contributed by atoms with Gasteiger partial charge in [0.1, 0.15) is 24.1 Å². The van der Waals surface area contributed by atoms with E-state index in [1.54, 1.807) is 36.7 Å². The van der Waals surface area contributed by atoms with E-state index in [4.69, 9.17) is 0 Å². The van der Waals surface area contributed by atoms with Crippen molar-refractivity contribution in [3.8, 4) is 11.4 Å². The molecule has 10 heteroatoms. The number of H-pyrrole nitrogens is 1. The Hall–Kier alpha value is -3.69. The summed E-state index contributed by atoms with van der Waals surface area (Å²) >= 11 is 0. The molecule has 3 aromatic heterocycles. The molecule has 0 bridgehead atoms. The van der Waals surface area contributed by atoms with E-state index in [9.17, 15) is 18.0 Å². The monoisotopic (exact) mass is 414 g/mol. The maximum Gasteiger partial charge on any atom is 0.405 e. The number of carbonyl (C=O) groups excluding carboxylic acids is 1. The minimum atomic E-state index is -4.48. The van der Waals surface area contributed by atoms with Crippen molar-refractivity contribution in [2.24, 2.45) is 0 Å². The summed E-state index contributed by atoms with van der Waals surface area (Å²) in [5.74, 6) is -0.0228. The number of pyridine rings is 1. The van der Waals surface area contributed by atoms with Crippen molar-refractivity contribution in [2.75, 3.05) is 11.9 Å². The zero-order valence-corrected chi connectivity index (χ0v) is 15.8. The van der Waals surface area contributed by atoms with Gasteiger partial charge in [-0.05, 0) is 31.2 Å². The molecule has 0 saturated heterocycles. The highest BCUT2D eigenvalue weighted by Gasteiger charge is 2.29. The second-order valence-corrected chi connectivity index (χ2v) is 6.71. The fourth-order valence-electron chi connectivity index (χ4n) is 3.07. The number of carbonyl (C=O) groups is 1. The van der Waals surface area contributed by atoms with Crippen molar-refractivity contribution >= 4 is 33.7 Å². The number of para-hydroxylation sites is 1. The number of hydrogen-bond donors (Lipinski definition) is 3. The molecular weight excluding hydrogens is 397 g/mol. The number of benzene rings is 1. The molecule has 7 nitrogen and oxygen atoms in total. The van der Waals surface area contributed by atoms with E-state index in [1.165, 1.54) is 6.92 Å². The summed E-state index contributed by atoms with van der Waals surface area (Å²) in [6, 6.07) is 9.89. The van der Waals surface area contributed by atoms with Gasteiger partial charge in [-0.3, -0.25) is 4.79 Å². The molecule has 0 aliphatic carbocycles. The number of anilines is 1. The van der Waals surface area contributed by atoms with E-state index in [2.05, 4.69) is 25.3 Å². The second kappa shape index (κ2) is 7.62. The first-order chi connectivity index (χ1) is 14.3. The lowest BCUT2D eigenvalue weighted by molar-refractivity contribution is -0.138. The molecule has 0 aliphatic heterocycles. The maximum atomic E-state index is 12.4. The molecule has 154 valence electrons. The summed E-state index contributed by atoms with van der Waals surface area (Å²) in [7, 11) is 0. The van der Waals surface area contributed by atoms with Crippen LogP contribution in [-0.2, 0) is 4.79 Å². The highest BCUT2D eigenvalue weighted by atomic mass is 19.4. The Labute approximate surface area is 168 Å². The molecule has 1 amide bonds. The molecule has 0 saturated carbocycles. The Kier molecular flexibility index (Phi) is 4.98. The van der Waals surface area contributed by atoms with Gasteiger partial charge in [0.25, 0.3) is 0 Å².